The third-order valence-electron chi connectivity index (χ3n) is 5.74. The summed E-state index contributed by atoms with van der Waals surface area (Å²) in [5.74, 6) is 2.29. The molecule has 0 heterocycles. The number of methoxy groups -OCH3 is 1. The maximum Gasteiger partial charge on any atom is 0.191 e. The number of guanidine groups is 1. The van der Waals surface area contributed by atoms with Crippen molar-refractivity contribution in [2.45, 2.75) is 76.5 Å². The zero-order valence-electron chi connectivity index (χ0n) is 17.7. The maximum atomic E-state index is 10.6. The molecule has 2 aliphatic rings. The summed E-state index contributed by atoms with van der Waals surface area (Å²) in [5, 5.41) is 17.2. The van der Waals surface area contributed by atoms with Crippen LogP contribution < -0.4 is 20.1 Å². The van der Waals surface area contributed by atoms with E-state index in [4.69, 9.17) is 14.5 Å². The predicted molar refractivity (Wildman–Crippen MR) is 128 cm³/mol. The summed E-state index contributed by atoms with van der Waals surface area (Å²) in [7, 11) is 1.68. The van der Waals surface area contributed by atoms with Gasteiger partial charge in [0.15, 0.2) is 17.5 Å². The predicted octanol–water partition coefficient (Wildman–Crippen LogP) is 3.99. The van der Waals surface area contributed by atoms with E-state index in [1.807, 2.05) is 25.1 Å². The number of para-hydroxylation sites is 1. The fraction of sp³-hybridized carbons (Fsp3) is 0.682. The highest BCUT2D eigenvalue weighted by Crippen LogP contribution is 2.35. The lowest BCUT2D eigenvalue weighted by molar-refractivity contribution is 0.0522. The Morgan fingerprint density at radius 3 is 2.55 bits per heavy atom. The molecule has 0 spiro atoms. The number of aliphatic imine (C=N–C) groups is 1. The Balaban J connectivity index is 0.00000300. The normalized spacial score (nSPS) is 18.9. The van der Waals surface area contributed by atoms with Gasteiger partial charge in [-0.05, 0) is 51.5 Å². The number of hydrogen-bond donors (Lipinski definition) is 3. The number of nitrogens with one attached hydrogen (secondary N) is 2. The van der Waals surface area contributed by atoms with Crippen molar-refractivity contribution in [3.8, 4) is 11.5 Å². The molecule has 1 aromatic rings. The highest BCUT2D eigenvalue weighted by Gasteiger charge is 2.31. The average Bonchev–Trinajstić information content (AvgIpc) is 3.37. The standard InChI is InChI=1S/C22H35N3O3.HI/c1-3-23-21(25-16-22(26)13-6-7-14-22)24-15-17-9-8-12-19(27-2)20(17)28-18-10-4-5-11-18;/h8-9,12,18,26H,3-7,10-11,13-16H2,1-2H3,(H2,23,24,25);1H. The Labute approximate surface area is 191 Å². The van der Waals surface area contributed by atoms with Crippen LogP contribution in [0.15, 0.2) is 23.2 Å². The second-order valence-electron chi connectivity index (χ2n) is 7.95. The molecule has 2 fully saturated rings. The zero-order valence-corrected chi connectivity index (χ0v) is 20.0. The van der Waals surface area contributed by atoms with E-state index in [1.54, 1.807) is 7.11 Å². The summed E-state index contributed by atoms with van der Waals surface area (Å²) >= 11 is 0. The Hall–Kier alpha value is -1.22. The van der Waals surface area contributed by atoms with Crippen LogP contribution in [-0.4, -0.2) is 43.0 Å². The first-order valence-electron chi connectivity index (χ1n) is 10.7. The van der Waals surface area contributed by atoms with Crippen LogP contribution in [0.1, 0.15) is 63.9 Å². The van der Waals surface area contributed by atoms with Crippen molar-refractivity contribution in [3.63, 3.8) is 0 Å². The van der Waals surface area contributed by atoms with Gasteiger partial charge in [0.25, 0.3) is 0 Å². The molecule has 3 rings (SSSR count). The van der Waals surface area contributed by atoms with E-state index in [0.717, 1.165) is 68.1 Å². The summed E-state index contributed by atoms with van der Waals surface area (Å²) in [5.41, 5.74) is 0.408. The molecule has 164 valence electrons. The quantitative estimate of drug-likeness (QED) is 0.276. The van der Waals surface area contributed by atoms with Crippen LogP contribution in [0.3, 0.4) is 0 Å². The fourth-order valence-electron chi connectivity index (χ4n) is 4.12. The molecule has 1 aromatic carbocycles. The second kappa shape index (κ2) is 11.8. The second-order valence-corrected chi connectivity index (χ2v) is 7.95. The summed E-state index contributed by atoms with van der Waals surface area (Å²) in [4.78, 5) is 4.73. The topological polar surface area (TPSA) is 75.1 Å². The molecule has 0 saturated heterocycles. The van der Waals surface area contributed by atoms with E-state index < -0.39 is 5.60 Å². The van der Waals surface area contributed by atoms with E-state index in [1.165, 1.54) is 12.8 Å². The van der Waals surface area contributed by atoms with Crippen molar-refractivity contribution >= 4 is 29.9 Å². The van der Waals surface area contributed by atoms with Gasteiger partial charge < -0.3 is 25.2 Å². The summed E-state index contributed by atoms with van der Waals surface area (Å²) in [6.07, 6.45) is 8.82. The smallest absolute Gasteiger partial charge is 0.191 e. The van der Waals surface area contributed by atoms with Gasteiger partial charge in [-0.3, -0.25) is 0 Å². The molecule has 0 radical (unpaired) electrons. The fourth-order valence-corrected chi connectivity index (χ4v) is 4.12. The molecule has 0 bridgehead atoms. The van der Waals surface area contributed by atoms with Gasteiger partial charge in [-0.2, -0.15) is 0 Å². The average molecular weight is 517 g/mol. The summed E-state index contributed by atoms with van der Waals surface area (Å²) in [6.45, 7) is 3.84. The number of rotatable bonds is 8. The Bertz CT molecular complexity index is 657. The molecular formula is C22H36IN3O3. The number of benzene rings is 1. The number of aliphatic hydroxyl groups is 1. The first-order valence-corrected chi connectivity index (χ1v) is 10.7. The van der Waals surface area contributed by atoms with Crippen molar-refractivity contribution in [2.24, 2.45) is 4.99 Å². The molecule has 2 aliphatic carbocycles. The number of ether oxygens (including phenoxy) is 2. The van der Waals surface area contributed by atoms with Crippen molar-refractivity contribution in [1.29, 1.82) is 0 Å². The lowest BCUT2D eigenvalue weighted by Crippen LogP contribution is -2.46. The molecule has 29 heavy (non-hydrogen) atoms. The molecule has 0 unspecified atom stereocenters. The number of nitrogens with zero attached hydrogens (tertiary/aromatic N) is 1. The summed E-state index contributed by atoms with van der Waals surface area (Å²) in [6, 6.07) is 5.97. The molecule has 7 heteroatoms. The molecule has 0 aromatic heterocycles. The van der Waals surface area contributed by atoms with Crippen LogP contribution in [0.2, 0.25) is 0 Å². The monoisotopic (exact) mass is 517 g/mol. The van der Waals surface area contributed by atoms with Crippen LogP contribution in [0.4, 0.5) is 0 Å². The van der Waals surface area contributed by atoms with Gasteiger partial charge in [0.1, 0.15) is 0 Å². The summed E-state index contributed by atoms with van der Waals surface area (Å²) < 4.78 is 11.8. The third kappa shape index (κ3) is 6.91. The van der Waals surface area contributed by atoms with Crippen molar-refractivity contribution in [2.75, 3.05) is 20.2 Å². The highest BCUT2D eigenvalue weighted by atomic mass is 127. The number of halogens is 1. The number of hydrogen-bond acceptors (Lipinski definition) is 4. The first-order chi connectivity index (χ1) is 13.6. The van der Waals surface area contributed by atoms with Gasteiger partial charge >= 0.3 is 0 Å². The minimum absolute atomic E-state index is 0. The molecular weight excluding hydrogens is 481 g/mol. The lowest BCUT2D eigenvalue weighted by atomic mass is 10.0. The minimum Gasteiger partial charge on any atom is -0.493 e. The van der Waals surface area contributed by atoms with Gasteiger partial charge in [0.05, 0.1) is 25.4 Å². The van der Waals surface area contributed by atoms with E-state index in [0.29, 0.717) is 13.1 Å². The van der Waals surface area contributed by atoms with E-state index in [-0.39, 0.29) is 30.1 Å². The zero-order chi connectivity index (χ0) is 19.8. The Morgan fingerprint density at radius 1 is 1.17 bits per heavy atom. The molecule has 0 atom stereocenters. The van der Waals surface area contributed by atoms with Gasteiger partial charge in [0.2, 0.25) is 0 Å². The molecule has 3 N–H and O–H groups in total. The first kappa shape index (κ1) is 24.1. The van der Waals surface area contributed by atoms with E-state index in [2.05, 4.69) is 10.6 Å². The van der Waals surface area contributed by atoms with Crippen LogP contribution in [-0.2, 0) is 6.54 Å². The van der Waals surface area contributed by atoms with Gasteiger partial charge in [-0.25, -0.2) is 4.99 Å². The molecule has 0 amide bonds. The maximum absolute atomic E-state index is 10.6. The SMILES string of the molecule is CCNC(=NCc1cccc(OC)c1OC1CCCC1)NCC1(O)CCCC1.I. The van der Waals surface area contributed by atoms with Crippen LogP contribution in [0, 0.1) is 0 Å². The minimum atomic E-state index is -0.608. The van der Waals surface area contributed by atoms with Gasteiger partial charge in [-0.15, -0.1) is 24.0 Å². The molecule has 6 nitrogen and oxygen atoms in total. The van der Waals surface area contributed by atoms with Crippen molar-refractivity contribution < 1.29 is 14.6 Å². The molecule has 2 saturated carbocycles. The molecule has 0 aliphatic heterocycles. The third-order valence-corrected chi connectivity index (χ3v) is 5.74. The van der Waals surface area contributed by atoms with Crippen LogP contribution in [0.25, 0.3) is 0 Å². The van der Waals surface area contributed by atoms with Crippen LogP contribution >= 0.6 is 24.0 Å². The highest BCUT2D eigenvalue weighted by molar-refractivity contribution is 14.0. The van der Waals surface area contributed by atoms with Gasteiger partial charge in [-0.1, -0.05) is 25.0 Å². The van der Waals surface area contributed by atoms with Crippen molar-refractivity contribution in [1.82, 2.24) is 10.6 Å². The van der Waals surface area contributed by atoms with Gasteiger partial charge in [0, 0.05) is 18.7 Å². The van der Waals surface area contributed by atoms with Crippen molar-refractivity contribution in [3.05, 3.63) is 23.8 Å². The Kier molecular flexibility index (Phi) is 9.82. The largest absolute Gasteiger partial charge is 0.493 e. The Morgan fingerprint density at radius 2 is 1.90 bits per heavy atom. The van der Waals surface area contributed by atoms with Crippen LogP contribution in [0.5, 0.6) is 11.5 Å². The lowest BCUT2D eigenvalue weighted by Gasteiger charge is -2.24. The van der Waals surface area contributed by atoms with E-state index >= 15 is 0 Å². The van der Waals surface area contributed by atoms with E-state index in [9.17, 15) is 5.11 Å².